The average Bonchev–Trinajstić information content (AvgIpc) is 2.69. The summed E-state index contributed by atoms with van der Waals surface area (Å²) in [4.78, 5) is 0. The van der Waals surface area contributed by atoms with Crippen LogP contribution in [-0.4, -0.2) is 39.5 Å². The highest BCUT2D eigenvalue weighted by atomic mass is 16.9. The molecule has 0 saturated carbocycles. The zero-order valence-electron chi connectivity index (χ0n) is 19.0. The summed E-state index contributed by atoms with van der Waals surface area (Å²) in [5.41, 5.74) is 0. The summed E-state index contributed by atoms with van der Waals surface area (Å²) >= 11 is 0. The molecule has 0 saturated heterocycles. The lowest BCUT2D eigenvalue weighted by Crippen LogP contribution is -2.47. The van der Waals surface area contributed by atoms with Gasteiger partial charge < -0.3 is 18.9 Å². The molecule has 4 heteroatoms. The monoisotopic (exact) mass is 388 g/mol. The quantitative estimate of drug-likeness (QED) is 0.162. The third kappa shape index (κ3) is 12.8. The van der Waals surface area contributed by atoms with Crippen molar-refractivity contribution in [1.29, 1.82) is 0 Å². The van der Waals surface area contributed by atoms with E-state index in [0.29, 0.717) is 19.8 Å². The lowest BCUT2D eigenvalue weighted by atomic mass is 9.93. The van der Waals surface area contributed by atoms with Crippen molar-refractivity contribution in [3.8, 4) is 0 Å². The van der Waals surface area contributed by atoms with E-state index in [0.717, 1.165) is 45.1 Å². The van der Waals surface area contributed by atoms with Crippen molar-refractivity contribution in [2.24, 2.45) is 5.92 Å². The van der Waals surface area contributed by atoms with Crippen LogP contribution in [0.2, 0.25) is 0 Å². The largest absolute Gasteiger partial charge is 0.385 e. The minimum Gasteiger partial charge on any atom is -0.385 e. The maximum atomic E-state index is 6.29. The lowest BCUT2D eigenvalue weighted by Gasteiger charge is -2.40. The molecule has 27 heavy (non-hydrogen) atoms. The van der Waals surface area contributed by atoms with Gasteiger partial charge in [-0.15, -0.1) is 0 Å². The Morgan fingerprint density at radius 1 is 0.556 bits per heavy atom. The molecule has 1 unspecified atom stereocenters. The van der Waals surface area contributed by atoms with Crippen molar-refractivity contribution in [3.05, 3.63) is 0 Å². The maximum absolute atomic E-state index is 6.29. The van der Waals surface area contributed by atoms with E-state index in [-0.39, 0.29) is 5.92 Å². The Kier molecular flexibility index (Phi) is 19.1. The number of ether oxygens (including phenoxy) is 4. The van der Waals surface area contributed by atoms with Crippen molar-refractivity contribution in [3.63, 3.8) is 0 Å². The molecule has 0 amide bonds. The van der Waals surface area contributed by atoms with E-state index in [1.807, 2.05) is 0 Å². The zero-order valence-corrected chi connectivity index (χ0v) is 19.0. The van der Waals surface area contributed by atoms with Crippen LogP contribution in [0.4, 0.5) is 0 Å². The fourth-order valence-corrected chi connectivity index (χ4v) is 3.35. The summed E-state index contributed by atoms with van der Waals surface area (Å²) in [6, 6.07) is 0. The molecule has 0 aromatic heterocycles. The van der Waals surface area contributed by atoms with Gasteiger partial charge in [0, 0.05) is 19.6 Å². The van der Waals surface area contributed by atoms with Gasteiger partial charge in [-0.3, -0.25) is 0 Å². The smallest absolute Gasteiger partial charge is 0.285 e. The van der Waals surface area contributed by atoms with Gasteiger partial charge in [0.05, 0.1) is 19.8 Å². The van der Waals surface area contributed by atoms with Crippen molar-refractivity contribution in [2.45, 2.75) is 111 Å². The Labute approximate surface area is 169 Å². The fourth-order valence-electron chi connectivity index (χ4n) is 3.35. The van der Waals surface area contributed by atoms with E-state index >= 15 is 0 Å². The summed E-state index contributed by atoms with van der Waals surface area (Å²) in [5, 5.41) is 0. The Morgan fingerprint density at radius 3 is 1.52 bits per heavy atom. The van der Waals surface area contributed by atoms with Crippen LogP contribution in [-0.2, 0) is 18.9 Å². The van der Waals surface area contributed by atoms with Crippen molar-refractivity contribution in [1.82, 2.24) is 0 Å². The first-order valence-electron chi connectivity index (χ1n) is 11.6. The fraction of sp³-hybridized carbons (Fsp3) is 1.00. The van der Waals surface area contributed by atoms with Crippen LogP contribution in [0.1, 0.15) is 105 Å². The first-order chi connectivity index (χ1) is 13.2. The molecule has 0 radical (unpaired) electrons. The Bertz CT molecular complexity index is 274. The molecule has 4 nitrogen and oxygen atoms in total. The molecule has 0 spiro atoms. The van der Waals surface area contributed by atoms with Gasteiger partial charge in [-0.2, -0.15) is 0 Å². The Morgan fingerprint density at radius 2 is 1.04 bits per heavy atom. The predicted molar refractivity (Wildman–Crippen MR) is 114 cm³/mol. The van der Waals surface area contributed by atoms with Gasteiger partial charge >= 0.3 is 0 Å². The Hall–Kier alpha value is -0.160. The van der Waals surface area contributed by atoms with E-state index in [1.165, 1.54) is 38.5 Å². The van der Waals surface area contributed by atoms with Crippen LogP contribution < -0.4 is 0 Å². The van der Waals surface area contributed by atoms with E-state index in [2.05, 4.69) is 27.7 Å². The summed E-state index contributed by atoms with van der Waals surface area (Å²) < 4.78 is 24.2. The van der Waals surface area contributed by atoms with Crippen molar-refractivity contribution < 1.29 is 18.9 Å². The number of rotatable bonds is 21. The third-order valence-electron chi connectivity index (χ3n) is 4.83. The van der Waals surface area contributed by atoms with Gasteiger partial charge in [0.25, 0.3) is 5.97 Å². The van der Waals surface area contributed by atoms with Crippen LogP contribution in [0.15, 0.2) is 0 Å². The summed E-state index contributed by atoms with van der Waals surface area (Å²) in [5.74, 6) is -0.636. The predicted octanol–water partition coefficient (Wildman–Crippen LogP) is 6.71. The molecule has 0 heterocycles. The van der Waals surface area contributed by atoms with Crippen LogP contribution in [0, 0.1) is 5.92 Å². The van der Waals surface area contributed by atoms with Gasteiger partial charge in [-0.25, -0.2) is 0 Å². The number of unbranched alkanes of at least 4 members (excludes halogenated alkanes) is 5. The zero-order chi connectivity index (χ0) is 20.2. The molecule has 0 aliphatic heterocycles. The third-order valence-corrected chi connectivity index (χ3v) is 4.83. The van der Waals surface area contributed by atoms with Crippen molar-refractivity contribution >= 4 is 0 Å². The molecule has 0 aromatic carbocycles. The first-order valence-corrected chi connectivity index (χ1v) is 11.6. The van der Waals surface area contributed by atoms with Gasteiger partial charge in [0.2, 0.25) is 0 Å². The Balaban J connectivity index is 5.04. The van der Waals surface area contributed by atoms with E-state index in [9.17, 15) is 0 Å². The molecule has 0 rings (SSSR count). The van der Waals surface area contributed by atoms with Crippen LogP contribution >= 0.6 is 0 Å². The first kappa shape index (κ1) is 26.8. The number of methoxy groups -OCH3 is 1. The highest BCUT2D eigenvalue weighted by Crippen LogP contribution is 2.34. The summed E-state index contributed by atoms with van der Waals surface area (Å²) in [6.45, 7) is 11.5. The summed E-state index contributed by atoms with van der Waals surface area (Å²) in [6.07, 6.45) is 13.8. The maximum Gasteiger partial charge on any atom is 0.285 e. The second-order valence-corrected chi connectivity index (χ2v) is 7.54. The molecule has 0 aromatic rings. The molecule has 0 aliphatic carbocycles. The molecule has 0 bridgehead atoms. The summed E-state index contributed by atoms with van der Waals surface area (Å²) in [7, 11) is 1.77. The standard InChI is InChI=1S/C23H48O4/c1-6-10-11-12-13-14-16-22(17-15-21-24-5)23(25-18-7-2,26-19-8-3)27-20-9-4/h22H,6-21H2,1-5H3. The van der Waals surface area contributed by atoms with Gasteiger partial charge in [-0.05, 0) is 38.5 Å². The van der Waals surface area contributed by atoms with Gasteiger partial charge in [0.15, 0.2) is 0 Å². The highest BCUT2D eigenvalue weighted by Gasteiger charge is 2.41. The SMILES string of the molecule is CCCCCCCCC(CCCOC)C(OCCC)(OCCC)OCCC. The van der Waals surface area contributed by atoms with Crippen LogP contribution in [0.25, 0.3) is 0 Å². The number of hydrogen-bond donors (Lipinski definition) is 0. The minimum atomic E-state index is -0.890. The van der Waals surface area contributed by atoms with Crippen LogP contribution in [0.3, 0.4) is 0 Å². The molecule has 1 atom stereocenters. The molecular weight excluding hydrogens is 340 g/mol. The molecule has 0 N–H and O–H groups in total. The van der Waals surface area contributed by atoms with Gasteiger partial charge in [0.1, 0.15) is 0 Å². The van der Waals surface area contributed by atoms with Crippen molar-refractivity contribution in [2.75, 3.05) is 33.5 Å². The normalized spacial score (nSPS) is 13.2. The highest BCUT2D eigenvalue weighted by molar-refractivity contribution is 4.73. The molecule has 164 valence electrons. The lowest BCUT2D eigenvalue weighted by molar-refractivity contribution is -0.406. The average molecular weight is 389 g/mol. The second-order valence-electron chi connectivity index (χ2n) is 7.54. The minimum absolute atomic E-state index is 0.253. The molecule has 0 fully saturated rings. The van der Waals surface area contributed by atoms with E-state index in [1.54, 1.807) is 7.11 Å². The molecule has 0 aliphatic rings. The number of hydrogen-bond acceptors (Lipinski definition) is 4. The molecular formula is C23H48O4. The van der Waals surface area contributed by atoms with Crippen LogP contribution in [0.5, 0.6) is 0 Å². The topological polar surface area (TPSA) is 36.9 Å². The van der Waals surface area contributed by atoms with E-state index < -0.39 is 5.97 Å². The second kappa shape index (κ2) is 19.2. The van der Waals surface area contributed by atoms with E-state index in [4.69, 9.17) is 18.9 Å². The van der Waals surface area contributed by atoms with Gasteiger partial charge in [-0.1, -0.05) is 66.2 Å².